The van der Waals surface area contributed by atoms with Gasteiger partial charge in [0.05, 0.1) is 0 Å². The Morgan fingerprint density at radius 3 is 2.67 bits per heavy atom. The van der Waals surface area contributed by atoms with E-state index in [1.165, 1.54) is 5.56 Å². The number of carboxylic acids is 1. The summed E-state index contributed by atoms with van der Waals surface area (Å²) in [5.41, 5.74) is 6.71. The number of aliphatic carboxylic acids is 1. The van der Waals surface area contributed by atoms with Gasteiger partial charge in [0.2, 0.25) is 0 Å². The van der Waals surface area contributed by atoms with Crippen LogP contribution in [0, 0.1) is 13.8 Å². The summed E-state index contributed by atoms with van der Waals surface area (Å²) < 4.78 is 17.7. The highest BCUT2D eigenvalue weighted by Crippen LogP contribution is 2.36. The van der Waals surface area contributed by atoms with Crippen LogP contribution >= 0.6 is 0 Å². The maximum Gasteiger partial charge on any atom is 0.320 e. The molecule has 3 aromatic rings. The highest BCUT2D eigenvalue weighted by atomic mass is 16.6. The predicted molar refractivity (Wildman–Crippen MR) is 139 cm³/mol. The molecule has 0 spiro atoms. The Hall–Kier alpha value is -3.51. The van der Waals surface area contributed by atoms with Gasteiger partial charge in [-0.15, -0.1) is 0 Å². The topological polar surface area (TPSA) is 68.2 Å². The molecule has 1 fully saturated rings. The molecule has 0 amide bonds. The number of benzene rings is 3. The summed E-state index contributed by atoms with van der Waals surface area (Å²) in [6, 6.07) is 18.1. The Balaban J connectivity index is 1.28. The third-order valence-electron chi connectivity index (χ3n) is 7.21. The summed E-state index contributed by atoms with van der Waals surface area (Å²) in [5, 5.41) is 9.56. The number of aryl methyl sites for hydroxylation is 1. The molecular weight excluding hydrogens is 454 g/mol. The van der Waals surface area contributed by atoms with Crippen molar-refractivity contribution < 1.29 is 24.1 Å². The van der Waals surface area contributed by atoms with E-state index < -0.39 is 5.97 Å². The zero-order valence-electron chi connectivity index (χ0n) is 21.0. The van der Waals surface area contributed by atoms with Crippen molar-refractivity contribution in [2.24, 2.45) is 0 Å². The van der Waals surface area contributed by atoms with Crippen LogP contribution in [0.4, 0.5) is 0 Å². The van der Waals surface area contributed by atoms with Gasteiger partial charge in [-0.2, -0.15) is 0 Å². The van der Waals surface area contributed by atoms with Gasteiger partial charge < -0.3 is 19.3 Å². The number of nitrogens with zero attached hydrogens (tertiary/aromatic N) is 1. The molecule has 0 aromatic heterocycles. The van der Waals surface area contributed by atoms with Crippen LogP contribution in [-0.2, 0) is 17.9 Å². The van der Waals surface area contributed by atoms with Gasteiger partial charge in [-0.1, -0.05) is 42.8 Å². The molecule has 6 heteroatoms. The first-order valence-electron chi connectivity index (χ1n) is 12.7. The molecule has 1 saturated heterocycles. The van der Waals surface area contributed by atoms with Crippen LogP contribution in [0.1, 0.15) is 41.5 Å². The van der Waals surface area contributed by atoms with Crippen molar-refractivity contribution in [2.75, 3.05) is 19.8 Å². The summed E-state index contributed by atoms with van der Waals surface area (Å²) in [6.07, 6.45) is 2.75. The molecular formula is C30H33NO5. The summed E-state index contributed by atoms with van der Waals surface area (Å²) in [6.45, 7) is 7.26. The maximum absolute atomic E-state index is 11.6. The van der Waals surface area contributed by atoms with Crippen molar-refractivity contribution in [3.63, 3.8) is 0 Å². The number of carbonyl (C=O) groups is 1. The van der Waals surface area contributed by atoms with E-state index in [1.807, 2.05) is 31.2 Å². The van der Waals surface area contributed by atoms with Gasteiger partial charge in [-0.05, 0) is 84.8 Å². The predicted octanol–water partition coefficient (Wildman–Crippen LogP) is 5.76. The van der Waals surface area contributed by atoms with Crippen molar-refractivity contribution in [3.8, 4) is 28.4 Å². The number of likely N-dealkylation sites (tertiary alicyclic amines) is 1. The molecule has 0 unspecified atom stereocenters. The molecule has 36 heavy (non-hydrogen) atoms. The lowest BCUT2D eigenvalue weighted by Crippen LogP contribution is -2.43. The molecule has 0 bridgehead atoms. The minimum absolute atomic E-state index is 0.389. The van der Waals surface area contributed by atoms with E-state index in [0.29, 0.717) is 26.4 Å². The first-order valence-corrected chi connectivity index (χ1v) is 12.7. The van der Waals surface area contributed by atoms with Gasteiger partial charge in [0.1, 0.15) is 31.6 Å². The monoisotopic (exact) mass is 487 g/mol. The summed E-state index contributed by atoms with van der Waals surface area (Å²) >= 11 is 0. The Bertz CT molecular complexity index is 1250. The van der Waals surface area contributed by atoms with Gasteiger partial charge in [-0.25, -0.2) is 0 Å². The number of rotatable bonds is 7. The quantitative estimate of drug-likeness (QED) is 0.457. The fourth-order valence-electron chi connectivity index (χ4n) is 5.19. The van der Waals surface area contributed by atoms with Gasteiger partial charge >= 0.3 is 5.97 Å². The van der Waals surface area contributed by atoms with E-state index in [1.54, 1.807) is 0 Å². The molecule has 1 N–H and O–H groups in total. The number of fused-ring (bicyclic) bond motifs is 1. The smallest absolute Gasteiger partial charge is 0.320 e. The number of ether oxygens (including phenoxy) is 3. The van der Waals surface area contributed by atoms with E-state index in [4.69, 9.17) is 14.2 Å². The van der Waals surface area contributed by atoms with E-state index >= 15 is 0 Å². The van der Waals surface area contributed by atoms with Crippen molar-refractivity contribution in [1.82, 2.24) is 4.90 Å². The van der Waals surface area contributed by atoms with Crippen LogP contribution in [-0.4, -0.2) is 41.8 Å². The molecule has 2 aliphatic heterocycles. The van der Waals surface area contributed by atoms with Gasteiger partial charge in [0.15, 0.2) is 11.5 Å². The zero-order valence-corrected chi connectivity index (χ0v) is 21.0. The average molecular weight is 488 g/mol. The highest BCUT2D eigenvalue weighted by molar-refractivity contribution is 5.73. The number of hydrogen-bond donors (Lipinski definition) is 1. The van der Waals surface area contributed by atoms with E-state index in [0.717, 1.165) is 70.9 Å². The first kappa shape index (κ1) is 24.2. The van der Waals surface area contributed by atoms with Gasteiger partial charge in [0, 0.05) is 6.54 Å². The fraction of sp³-hybridized carbons (Fsp3) is 0.367. The lowest BCUT2D eigenvalue weighted by Gasteiger charge is -2.33. The lowest BCUT2D eigenvalue weighted by atomic mass is 9.96. The van der Waals surface area contributed by atoms with Crippen molar-refractivity contribution in [1.29, 1.82) is 0 Å². The highest BCUT2D eigenvalue weighted by Gasteiger charge is 2.28. The van der Waals surface area contributed by atoms with Crippen molar-refractivity contribution in [2.45, 2.75) is 52.3 Å². The average Bonchev–Trinajstić information content (AvgIpc) is 2.89. The van der Waals surface area contributed by atoms with E-state index in [2.05, 4.69) is 42.2 Å². The van der Waals surface area contributed by atoms with E-state index in [-0.39, 0.29) is 6.04 Å². The second-order valence-corrected chi connectivity index (χ2v) is 9.66. The number of hydrogen-bond acceptors (Lipinski definition) is 5. The first-order chi connectivity index (χ1) is 17.5. The van der Waals surface area contributed by atoms with Crippen molar-refractivity contribution >= 4 is 5.97 Å². The van der Waals surface area contributed by atoms with Gasteiger partial charge in [0.25, 0.3) is 0 Å². The SMILES string of the molecule is Cc1cc(CN2CCCC[C@H]2C(=O)O)ccc1OCc1cccc(-c2ccc3c(c2)OCCO3)c1C. The Kier molecular flexibility index (Phi) is 7.14. The third-order valence-corrected chi connectivity index (χ3v) is 7.21. The fourth-order valence-corrected chi connectivity index (χ4v) is 5.19. The number of carboxylic acid groups (broad SMARTS) is 1. The molecule has 3 aromatic carbocycles. The minimum Gasteiger partial charge on any atom is -0.489 e. The van der Waals surface area contributed by atoms with Crippen LogP contribution in [0.3, 0.4) is 0 Å². The Morgan fingerprint density at radius 2 is 1.86 bits per heavy atom. The molecule has 2 aliphatic rings. The molecule has 2 heterocycles. The molecule has 1 atom stereocenters. The summed E-state index contributed by atoms with van der Waals surface area (Å²) in [4.78, 5) is 13.7. The lowest BCUT2D eigenvalue weighted by molar-refractivity contribution is -0.144. The van der Waals surface area contributed by atoms with Crippen molar-refractivity contribution in [3.05, 3.63) is 76.9 Å². The Morgan fingerprint density at radius 1 is 1.03 bits per heavy atom. The summed E-state index contributed by atoms with van der Waals surface area (Å²) in [7, 11) is 0. The van der Waals surface area contributed by atoms with Crippen LogP contribution in [0.15, 0.2) is 54.6 Å². The second-order valence-electron chi connectivity index (χ2n) is 9.66. The van der Waals surface area contributed by atoms with E-state index in [9.17, 15) is 9.90 Å². The normalized spacial score (nSPS) is 17.6. The standard InChI is InChI=1S/C30H33NO5/c1-20-16-22(18-31-13-4-3-8-26(31)30(32)33)9-11-27(20)36-19-24-6-5-7-25(21(24)2)23-10-12-28-29(17-23)35-15-14-34-28/h5-7,9-12,16-17,26H,3-4,8,13-15,18-19H2,1-2H3,(H,32,33)/t26-/m0/s1. The van der Waals surface area contributed by atoms with Crippen LogP contribution in [0.5, 0.6) is 17.2 Å². The molecule has 0 saturated carbocycles. The van der Waals surface area contributed by atoms with Crippen LogP contribution in [0.25, 0.3) is 11.1 Å². The molecule has 0 aliphatic carbocycles. The maximum atomic E-state index is 11.6. The number of piperidine rings is 1. The van der Waals surface area contributed by atoms with Gasteiger partial charge in [-0.3, -0.25) is 9.69 Å². The zero-order chi connectivity index (χ0) is 25.1. The summed E-state index contributed by atoms with van der Waals surface area (Å²) in [5.74, 6) is 1.70. The largest absolute Gasteiger partial charge is 0.489 e. The van der Waals surface area contributed by atoms with Crippen LogP contribution < -0.4 is 14.2 Å². The second kappa shape index (κ2) is 10.6. The molecule has 6 nitrogen and oxygen atoms in total. The van der Waals surface area contributed by atoms with Crippen LogP contribution in [0.2, 0.25) is 0 Å². The molecule has 188 valence electrons. The Labute approximate surface area is 212 Å². The molecule has 5 rings (SSSR count). The minimum atomic E-state index is -0.722. The third kappa shape index (κ3) is 5.19. The molecule has 0 radical (unpaired) electrons.